The molecular weight excluding hydrogens is 314 g/mol. The molecule has 1 aliphatic carbocycles. The molecule has 2 N–H and O–H groups in total. The monoisotopic (exact) mass is 343 g/mol. The summed E-state index contributed by atoms with van der Waals surface area (Å²) in [5, 5.41) is 6.18. The molecule has 25 heavy (non-hydrogen) atoms. The SMILES string of the molecule is O=C(NCc1ccccc1OC1CCC1)N[C@@H]1CCN2CCC[C@H]2C1. The minimum absolute atomic E-state index is 0.0603. The van der Waals surface area contributed by atoms with E-state index in [1.165, 1.54) is 25.8 Å². The van der Waals surface area contributed by atoms with Crippen molar-refractivity contribution in [2.24, 2.45) is 0 Å². The fourth-order valence-electron chi connectivity index (χ4n) is 4.20. The maximum atomic E-state index is 12.3. The lowest BCUT2D eigenvalue weighted by atomic mass is 9.96. The van der Waals surface area contributed by atoms with Gasteiger partial charge in [0.25, 0.3) is 0 Å². The highest BCUT2D eigenvalue weighted by Crippen LogP contribution is 2.28. The molecule has 2 heterocycles. The number of fused-ring (bicyclic) bond motifs is 1. The van der Waals surface area contributed by atoms with E-state index in [0.717, 1.165) is 43.5 Å². The lowest BCUT2D eigenvalue weighted by Crippen LogP contribution is -2.49. The maximum Gasteiger partial charge on any atom is 0.315 e. The van der Waals surface area contributed by atoms with Gasteiger partial charge in [0.1, 0.15) is 5.75 Å². The Hall–Kier alpha value is -1.75. The molecule has 5 nitrogen and oxygen atoms in total. The number of rotatable bonds is 5. The third-order valence-corrected chi connectivity index (χ3v) is 5.91. The smallest absolute Gasteiger partial charge is 0.315 e. The number of piperidine rings is 1. The number of nitrogens with zero attached hydrogens (tertiary/aromatic N) is 1. The first-order valence-electron chi connectivity index (χ1n) is 9.81. The number of nitrogens with one attached hydrogen (secondary N) is 2. The standard InChI is InChI=1S/C20H29N3O2/c24-20(22-16-10-12-23-11-4-6-17(23)13-16)21-14-15-5-1-2-9-19(15)25-18-7-3-8-18/h1-2,5,9,16-18H,3-4,6-8,10-14H2,(H2,21,22,24)/t16-,17+/m1/s1. The second-order valence-corrected chi connectivity index (χ2v) is 7.66. The number of para-hydroxylation sites is 1. The summed E-state index contributed by atoms with van der Waals surface area (Å²) in [6.07, 6.45) is 8.64. The van der Waals surface area contributed by atoms with Gasteiger partial charge < -0.3 is 20.3 Å². The topological polar surface area (TPSA) is 53.6 Å². The fraction of sp³-hybridized carbons (Fsp3) is 0.650. The van der Waals surface area contributed by atoms with E-state index >= 15 is 0 Å². The van der Waals surface area contributed by atoms with Crippen LogP contribution in [0.1, 0.15) is 50.5 Å². The van der Waals surface area contributed by atoms with E-state index in [1.54, 1.807) is 0 Å². The first-order valence-corrected chi connectivity index (χ1v) is 9.81. The minimum atomic E-state index is -0.0603. The second kappa shape index (κ2) is 7.65. The van der Waals surface area contributed by atoms with Crippen LogP contribution in [0, 0.1) is 0 Å². The van der Waals surface area contributed by atoms with Crippen molar-refractivity contribution in [3.05, 3.63) is 29.8 Å². The van der Waals surface area contributed by atoms with Crippen LogP contribution in [0.15, 0.2) is 24.3 Å². The van der Waals surface area contributed by atoms with Crippen molar-refractivity contribution in [1.29, 1.82) is 0 Å². The van der Waals surface area contributed by atoms with Gasteiger partial charge in [-0.05, 0) is 57.6 Å². The average molecular weight is 343 g/mol. The zero-order valence-electron chi connectivity index (χ0n) is 14.9. The molecule has 0 radical (unpaired) electrons. The number of carbonyl (C=O) groups is 1. The Morgan fingerprint density at radius 1 is 1.12 bits per heavy atom. The van der Waals surface area contributed by atoms with Crippen molar-refractivity contribution in [2.75, 3.05) is 13.1 Å². The van der Waals surface area contributed by atoms with Crippen LogP contribution in [-0.2, 0) is 6.54 Å². The van der Waals surface area contributed by atoms with Gasteiger partial charge in [0.2, 0.25) is 0 Å². The largest absolute Gasteiger partial charge is 0.490 e. The maximum absolute atomic E-state index is 12.3. The van der Waals surface area contributed by atoms with Gasteiger partial charge in [-0.15, -0.1) is 0 Å². The number of urea groups is 1. The number of hydrogen-bond donors (Lipinski definition) is 2. The zero-order valence-corrected chi connectivity index (χ0v) is 14.9. The average Bonchev–Trinajstić information content (AvgIpc) is 3.05. The summed E-state index contributed by atoms with van der Waals surface area (Å²) in [6, 6.07) is 8.95. The van der Waals surface area contributed by atoms with E-state index in [9.17, 15) is 4.79 Å². The number of carbonyl (C=O) groups excluding carboxylic acids is 1. The molecule has 3 fully saturated rings. The van der Waals surface area contributed by atoms with Gasteiger partial charge in [0, 0.05) is 30.7 Å². The molecule has 5 heteroatoms. The molecule has 0 bridgehead atoms. The number of benzene rings is 1. The van der Waals surface area contributed by atoms with Crippen LogP contribution < -0.4 is 15.4 Å². The van der Waals surface area contributed by atoms with Crippen LogP contribution in [-0.4, -0.2) is 42.2 Å². The van der Waals surface area contributed by atoms with Crippen LogP contribution in [0.4, 0.5) is 4.79 Å². The Balaban J connectivity index is 1.26. The fourth-order valence-corrected chi connectivity index (χ4v) is 4.20. The highest BCUT2D eigenvalue weighted by Gasteiger charge is 2.32. The molecule has 1 saturated carbocycles. The molecule has 2 aliphatic heterocycles. The molecule has 2 saturated heterocycles. The van der Waals surface area contributed by atoms with E-state index in [2.05, 4.69) is 15.5 Å². The lowest BCUT2D eigenvalue weighted by Gasteiger charge is -2.35. The van der Waals surface area contributed by atoms with Gasteiger partial charge in [-0.2, -0.15) is 0 Å². The van der Waals surface area contributed by atoms with Crippen molar-refractivity contribution in [2.45, 2.75) is 69.7 Å². The van der Waals surface area contributed by atoms with Crippen molar-refractivity contribution in [3.8, 4) is 5.75 Å². The predicted octanol–water partition coefficient (Wildman–Crippen LogP) is 3.04. The molecule has 0 aromatic heterocycles. The van der Waals surface area contributed by atoms with Gasteiger partial charge in [-0.1, -0.05) is 18.2 Å². The normalized spacial score (nSPS) is 26.6. The Bertz CT molecular complexity index is 602. The molecule has 1 aromatic carbocycles. The van der Waals surface area contributed by atoms with Crippen LogP contribution >= 0.6 is 0 Å². The quantitative estimate of drug-likeness (QED) is 0.864. The second-order valence-electron chi connectivity index (χ2n) is 7.66. The molecular formula is C20H29N3O2. The van der Waals surface area contributed by atoms with Crippen LogP contribution in [0.3, 0.4) is 0 Å². The third-order valence-electron chi connectivity index (χ3n) is 5.91. The van der Waals surface area contributed by atoms with Gasteiger partial charge >= 0.3 is 6.03 Å². The van der Waals surface area contributed by atoms with E-state index in [1.807, 2.05) is 24.3 Å². The summed E-state index contributed by atoms with van der Waals surface area (Å²) in [7, 11) is 0. The van der Waals surface area contributed by atoms with Gasteiger partial charge in [0.05, 0.1) is 6.10 Å². The van der Waals surface area contributed by atoms with Crippen LogP contribution in [0.5, 0.6) is 5.75 Å². The van der Waals surface area contributed by atoms with Crippen molar-refractivity contribution in [3.63, 3.8) is 0 Å². The third kappa shape index (κ3) is 4.09. The zero-order chi connectivity index (χ0) is 17.1. The molecule has 0 unspecified atom stereocenters. The van der Waals surface area contributed by atoms with E-state index in [0.29, 0.717) is 24.7 Å². The van der Waals surface area contributed by atoms with E-state index in [-0.39, 0.29) is 6.03 Å². The van der Waals surface area contributed by atoms with Gasteiger partial charge in [-0.3, -0.25) is 0 Å². The van der Waals surface area contributed by atoms with Crippen LogP contribution in [0.25, 0.3) is 0 Å². The molecule has 2 atom stereocenters. The summed E-state index contributed by atoms with van der Waals surface area (Å²) in [6.45, 7) is 2.87. The van der Waals surface area contributed by atoms with Gasteiger partial charge in [-0.25, -0.2) is 4.79 Å². The highest BCUT2D eigenvalue weighted by molar-refractivity contribution is 5.74. The van der Waals surface area contributed by atoms with Crippen molar-refractivity contribution < 1.29 is 9.53 Å². The van der Waals surface area contributed by atoms with Gasteiger partial charge in [0.15, 0.2) is 0 Å². The summed E-state index contributed by atoms with van der Waals surface area (Å²) >= 11 is 0. The first kappa shape index (κ1) is 16.7. The summed E-state index contributed by atoms with van der Waals surface area (Å²) in [5.41, 5.74) is 1.05. The predicted molar refractivity (Wildman–Crippen MR) is 97.7 cm³/mol. The molecule has 3 aliphatic rings. The molecule has 0 spiro atoms. The summed E-state index contributed by atoms with van der Waals surface area (Å²) in [4.78, 5) is 14.9. The minimum Gasteiger partial charge on any atom is -0.490 e. The Labute approximate surface area is 150 Å². The molecule has 2 amide bonds. The van der Waals surface area contributed by atoms with E-state index in [4.69, 9.17) is 4.74 Å². The van der Waals surface area contributed by atoms with E-state index < -0.39 is 0 Å². The van der Waals surface area contributed by atoms with Crippen molar-refractivity contribution >= 4 is 6.03 Å². The Kier molecular flexibility index (Phi) is 5.11. The number of ether oxygens (including phenoxy) is 1. The van der Waals surface area contributed by atoms with Crippen LogP contribution in [0.2, 0.25) is 0 Å². The molecule has 4 rings (SSSR count). The number of hydrogen-bond acceptors (Lipinski definition) is 3. The number of amides is 2. The summed E-state index contributed by atoms with van der Waals surface area (Å²) in [5.74, 6) is 0.909. The highest BCUT2D eigenvalue weighted by atomic mass is 16.5. The summed E-state index contributed by atoms with van der Waals surface area (Å²) < 4.78 is 6.03. The first-order chi connectivity index (χ1) is 12.3. The van der Waals surface area contributed by atoms with Crippen molar-refractivity contribution in [1.82, 2.24) is 15.5 Å². The Morgan fingerprint density at radius 3 is 2.84 bits per heavy atom. The molecule has 1 aromatic rings. The lowest BCUT2D eigenvalue weighted by molar-refractivity contribution is 0.119. The Morgan fingerprint density at radius 2 is 2.00 bits per heavy atom. The molecule has 136 valence electrons.